The van der Waals surface area contributed by atoms with Gasteiger partial charge in [0.05, 0.1) is 11.6 Å². The standard InChI is InChI=1S/C8H14ClN3S/c1-2-13-5-3-4-12-7-8(6-9)10-11-12/h7H,2-6H2,1H3. The zero-order chi connectivity index (χ0) is 9.52. The average molecular weight is 220 g/mol. The maximum absolute atomic E-state index is 5.60. The van der Waals surface area contributed by atoms with E-state index in [4.69, 9.17) is 11.6 Å². The summed E-state index contributed by atoms with van der Waals surface area (Å²) in [6.07, 6.45) is 3.05. The minimum Gasteiger partial charge on any atom is -0.252 e. The van der Waals surface area contributed by atoms with Crippen molar-refractivity contribution >= 4 is 23.4 Å². The summed E-state index contributed by atoms with van der Waals surface area (Å²) in [5.74, 6) is 2.82. The molecule has 0 spiro atoms. The molecule has 1 heterocycles. The van der Waals surface area contributed by atoms with E-state index in [1.54, 1.807) is 0 Å². The van der Waals surface area contributed by atoms with Gasteiger partial charge in [0.1, 0.15) is 0 Å². The highest BCUT2D eigenvalue weighted by atomic mass is 35.5. The van der Waals surface area contributed by atoms with Gasteiger partial charge in [0, 0.05) is 12.7 Å². The van der Waals surface area contributed by atoms with Crippen LogP contribution in [0.25, 0.3) is 0 Å². The highest BCUT2D eigenvalue weighted by Crippen LogP contribution is 2.03. The van der Waals surface area contributed by atoms with Gasteiger partial charge in [-0.2, -0.15) is 11.8 Å². The molecular weight excluding hydrogens is 206 g/mol. The van der Waals surface area contributed by atoms with Crippen LogP contribution in [0.15, 0.2) is 6.20 Å². The van der Waals surface area contributed by atoms with Gasteiger partial charge in [-0.3, -0.25) is 4.68 Å². The maximum Gasteiger partial charge on any atom is 0.0974 e. The number of nitrogens with zero attached hydrogens (tertiary/aromatic N) is 3. The minimum absolute atomic E-state index is 0.448. The number of aryl methyl sites for hydroxylation is 1. The van der Waals surface area contributed by atoms with Crippen LogP contribution in [0.1, 0.15) is 19.0 Å². The second-order valence-corrected chi connectivity index (χ2v) is 4.32. The Kier molecular flexibility index (Phi) is 5.23. The fraction of sp³-hybridized carbons (Fsp3) is 0.750. The molecule has 13 heavy (non-hydrogen) atoms. The van der Waals surface area contributed by atoms with Crippen LogP contribution in [0.3, 0.4) is 0 Å². The van der Waals surface area contributed by atoms with Crippen LogP contribution >= 0.6 is 23.4 Å². The predicted molar refractivity (Wildman–Crippen MR) is 57.2 cm³/mol. The molecule has 0 aliphatic rings. The van der Waals surface area contributed by atoms with Crippen molar-refractivity contribution in [3.05, 3.63) is 11.9 Å². The van der Waals surface area contributed by atoms with Gasteiger partial charge in [-0.05, 0) is 17.9 Å². The molecule has 0 amide bonds. The van der Waals surface area contributed by atoms with E-state index in [1.165, 1.54) is 11.5 Å². The first-order valence-electron chi connectivity index (χ1n) is 4.39. The lowest BCUT2D eigenvalue weighted by Crippen LogP contribution is -1.99. The number of rotatable bonds is 6. The van der Waals surface area contributed by atoms with E-state index in [0.29, 0.717) is 5.88 Å². The molecule has 1 aromatic heterocycles. The third-order valence-electron chi connectivity index (χ3n) is 1.60. The number of alkyl halides is 1. The Bertz CT molecular complexity index is 239. The van der Waals surface area contributed by atoms with Crippen molar-refractivity contribution < 1.29 is 0 Å². The fourth-order valence-electron chi connectivity index (χ4n) is 0.982. The van der Waals surface area contributed by atoms with E-state index in [2.05, 4.69) is 17.2 Å². The molecule has 1 aromatic rings. The Hall–Kier alpha value is -0.220. The second kappa shape index (κ2) is 6.27. The summed E-state index contributed by atoms with van der Waals surface area (Å²) in [6, 6.07) is 0. The van der Waals surface area contributed by atoms with Gasteiger partial charge in [0.25, 0.3) is 0 Å². The van der Waals surface area contributed by atoms with Crippen LogP contribution in [0.5, 0.6) is 0 Å². The van der Waals surface area contributed by atoms with Crippen LogP contribution in [-0.2, 0) is 12.4 Å². The van der Waals surface area contributed by atoms with E-state index in [9.17, 15) is 0 Å². The number of thioether (sulfide) groups is 1. The Labute approximate surface area is 87.8 Å². The second-order valence-electron chi connectivity index (χ2n) is 2.66. The number of aromatic nitrogens is 3. The quantitative estimate of drug-likeness (QED) is 0.543. The molecular formula is C8H14ClN3S. The van der Waals surface area contributed by atoms with Crippen molar-refractivity contribution in [1.82, 2.24) is 15.0 Å². The van der Waals surface area contributed by atoms with Crippen molar-refractivity contribution in [2.45, 2.75) is 25.8 Å². The molecule has 0 saturated heterocycles. The van der Waals surface area contributed by atoms with Crippen molar-refractivity contribution in [3.63, 3.8) is 0 Å². The zero-order valence-corrected chi connectivity index (χ0v) is 9.31. The molecule has 0 fully saturated rings. The van der Waals surface area contributed by atoms with E-state index >= 15 is 0 Å². The van der Waals surface area contributed by atoms with Gasteiger partial charge in [0.2, 0.25) is 0 Å². The predicted octanol–water partition coefficient (Wildman–Crippen LogP) is 2.16. The Morgan fingerprint density at radius 2 is 2.46 bits per heavy atom. The molecule has 1 rings (SSSR count). The first-order chi connectivity index (χ1) is 6.36. The highest BCUT2D eigenvalue weighted by molar-refractivity contribution is 7.99. The molecule has 0 unspecified atom stereocenters. The largest absolute Gasteiger partial charge is 0.252 e. The van der Waals surface area contributed by atoms with Crippen LogP contribution < -0.4 is 0 Å². The summed E-state index contributed by atoms with van der Waals surface area (Å²) in [6.45, 7) is 3.11. The van der Waals surface area contributed by atoms with Gasteiger partial charge < -0.3 is 0 Å². The monoisotopic (exact) mass is 219 g/mol. The first kappa shape index (κ1) is 10.9. The Morgan fingerprint density at radius 1 is 1.62 bits per heavy atom. The lowest BCUT2D eigenvalue weighted by Gasteiger charge is -1.98. The summed E-state index contributed by atoms with van der Waals surface area (Å²) in [4.78, 5) is 0. The molecule has 0 saturated carbocycles. The molecule has 0 aliphatic carbocycles. The third kappa shape index (κ3) is 4.00. The smallest absolute Gasteiger partial charge is 0.0974 e. The Morgan fingerprint density at radius 3 is 3.08 bits per heavy atom. The van der Waals surface area contributed by atoms with E-state index < -0.39 is 0 Å². The maximum atomic E-state index is 5.60. The molecule has 0 aromatic carbocycles. The van der Waals surface area contributed by atoms with Gasteiger partial charge >= 0.3 is 0 Å². The van der Waals surface area contributed by atoms with Gasteiger partial charge in [0.15, 0.2) is 0 Å². The average Bonchev–Trinajstić information content (AvgIpc) is 2.60. The van der Waals surface area contributed by atoms with Crippen molar-refractivity contribution in [1.29, 1.82) is 0 Å². The van der Waals surface area contributed by atoms with Crippen LogP contribution in [0, 0.1) is 0 Å². The number of halogens is 1. The van der Waals surface area contributed by atoms with Crippen LogP contribution in [0.4, 0.5) is 0 Å². The molecule has 0 radical (unpaired) electrons. The normalized spacial score (nSPS) is 10.6. The topological polar surface area (TPSA) is 30.7 Å². The molecule has 0 N–H and O–H groups in total. The molecule has 0 atom stereocenters. The summed E-state index contributed by atoms with van der Waals surface area (Å²) < 4.78 is 1.86. The van der Waals surface area contributed by atoms with Gasteiger partial charge in [-0.15, -0.1) is 16.7 Å². The summed E-state index contributed by atoms with van der Waals surface area (Å²) in [5, 5.41) is 7.87. The summed E-state index contributed by atoms with van der Waals surface area (Å²) in [7, 11) is 0. The fourth-order valence-corrected chi connectivity index (χ4v) is 1.73. The van der Waals surface area contributed by atoms with Gasteiger partial charge in [-0.25, -0.2) is 0 Å². The van der Waals surface area contributed by atoms with Crippen molar-refractivity contribution in [2.75, 3.05) is 11.5 Å². The summed E-state index contributed by atoms with van der Waals surface area (Å²) in [5.41, 5.74) is 0.852. The lowest BCUT2D eigenvalue weighted by atomic mass is 10.5. The molecule has 0 aliphatic heterocycles. The number of hydrogen-bond donors (Lipinski definition) is 0. The molecule has 74 valence electrons. The zero-order valence-electron chi connectivity index (χ0n) is 7.74. The SMILES string of the molecule is CCSCCCn1cc(CCl)nn1. The van der Waals surface area contributed by atoms with Crippen molar-refractivity contribution in [2.24, 2.45) is 0 Å². The van der Waals surface area contributed by atoms with Gasteiger partial charge in [-0.1, -0.05) is 12.1 Å². The molecule has 5 heteroatoms. The van der Waals surface area contributed by atoms with Crippen molar-refractivity contribution in [3.8, 4) is 0 Å². The van der Waals surface area contributed by atoms with E-state index in [0.717, 1.165) is 18.7 Å². The lowest BCUT2D eigenvalue weighted by molar-refractivity contribution is 0.582. The Balaban J connectivity index is 2.20. The molecule has 0 bridgehead atoms. The van der Waals surface area contributed by atoms with E-state index in [-0.39, 0.29) is 0 Å². The highest BCUT2D eigenvalue weighted by Gasteiger charge is 1.97. The van der Waals surface area contributed by atoms with Crippen LogP contribution in [-0.4, -0.2) is 26.5 Å². The summed E-state index contributed by atoms with van der Waals surface area (Å²) >= 11 is 7.56. The number of hydrogen-bond acceptors (Lipinski definition) is 3. The van der Waals surface area contributed by atoms with Crippen LogP contribution in [0.2, 0.25) is 0 Å². The first-order valence-corrected chi connectivity index (χ1v) is 6.08. The van der Waals surface area contributed by atoms with E-state index in [1.807, 2.05) is 22.6 Å². The third-order valence-corrected chi connectivity index (χ3v) is 2.86. The minimum atomic E-state index is 0.448. The molecule has 3 nitrogen and oxygen atoms in total.